The molecule has 7 heteroatoms. The van der Waals surface area contributed by atoms with Crippen molar-refractivity contribution in [1.29, 1.82) is 0 Å². The van der Waals surface area contributed by atoms with Crippen molar-refractivity contribution in [2.24, 2.45) is 5.92 Å². The topological polar surface area (TPSA) is 79.5 Å². The van der Waals surface area contributed by atoms with Crippen LogP contribution in [0.15, 0.2) is 35.5 Å². The molecule has 26 heavy (non-hydrogen) atoms. The van der Waals surface area contributed by atoms with E-state index >= 15 is 0 Å². The Kier molecular flexibility index (Phi) is 6.74. The van der Waals surface area contributed by atoms with Crippen molar-refractivity contribution in [2.45, 2.75) is 39.8 Å². The summed E-state index contributed by atoms with van der Waals surface area (Å²) in [7, 11) is 0. The molecule has 2 amide bonds. The first-order chi connectivity index (χ1) is 12.3. The van der Waals surface area contributed by atoms with Gasteiger partial charge in [-0.1, -0.05) is 26.0 Å². The summed E-state index contributed by atoms with van der Waals surface area (Å²) in [5.74, 6) is -0.517. The summed E-state index contributed by atoms with van der Waals surface area (Å²) in [4.78, 5) is 24.1. The molecule has 0 spiro atoms. The summed E-state index contributed by atoms with van der Waals surface area (Å²) in [6.07, 6.45) is 0. The van der Waals surface area contributed by atoms with Crippen LogP contribution in [0, 0.1) is 11.7 Å². The molecule has 0 saturated heterocycles. The molecule has 3 N–H and O–H groups in total. The Labute approximate surface area is 153 Å². The molecule has 0 bridgehead atoms. The zero-order chi connectivity index (χ0) is 19.3. The molecule has 142 valence electrons. The van der Waals surface area contributed by atoms with Gasteiger partial charge in [0.05, 0.1) is 18.2 Å². The van der Waals surface area contributed by atoms with E-state index in [4.69, 9.17) is 4.74 Å². The van der Waals surface area contributed by atoms with E-state index < -0.39 is 12.0 Å². The van der Waals surface area contributed by atoms with Crippen molar-refractivity contribution < 1.29 is 18.7 Å². The minimum Gasteiger partial charge on any atom is -0.463 e. The second kappa shape index (κ2) is 8.80. The molecule has 2 atom stereocenters. The van der Waals surface area contributed by atoms with Gasteiger partial charge in [-0.25, -0.2) is 14.0 Å². The van der Waals surface area contributed by atoms with Crippen LogP contribution < -0.4 is 16.0 Å². The van der Waals surface area contributed by atoms with Gasteiger partial charge in [0.2, 0.25) is 0 Å². The van der Waals surface area contributed by atoms with Crippen LogP contribution >= 0.6 is 0 Å². The lowest BCUT2D eigenvalue weighted by Gasteiger charge is -2.29. The van der Waals surface area contributed by atoms with Crippen LogP contribution in [0.3, 0.4) is 0 Å². The fourth-order valence-electron chi connectivity index (χ4n) is 3.04. The van der Waals surface area contributed by atoms with E-state index in [9.17, 15) is 14.0 Å². The Bertz CT molecular complexity index is 686. The summed E-state index contributed by atoms with van der Waals surface area (Å²) in [5, 5.41) is 8.73. The minimum absolute atomic E-state index is 0.0614. The number of nitrogens with one attached hydrogen (secondary N) is 3. The average molecular weight is 363 g/mol. The highest BCUT2D eigenvalue weighted by Gasteiger charge is 2.30. The lowest BCUT2D eigenvalue weighted by molar-refractivity contribution is -0.139. The maximum absolute atomic E-state index is 13.2. The number of urea groups is 1. The third kappa shape index (κ3) is 4.82. The predicted molar refractivity (Wildman–Crippen MR) is 96.8 cm³/mol. The minimum atomic E-state index is -0.452. The third-order valence-electron chi connectivity index (χ3n) is 4.26. The van der Waals surface area contributed by atoms with Gasteiger partial charge in [-0.05, 0) is 37.5 Å². The summed E-state index contributed by atoms with van der Waals surface area (Å²) in [6, 6.07) is 5.45. The smallest absolute Gasteiger partial charge is 0.337 e. The molecule has 0 fully saturated rings. The molecule has 1 heterocycles. The van der Waals surface area contributed by atoms with Gasteiger partial charge < -0.3 is 20.7 Å². The largest absolute Gasteiger partial charge is 0.463 e. The fraction of sp³-hybridized carbons (Fsp3) is 0.474. The molecular weight excluding hydrogens is 337 g/mol. The molecule has 2 rings (SSSR count). The molecular formula is C19H26FN3O3. The molecule has 1 aromatic rings. The van der Waals surface area contributed by atoms with Crippen molar-refractivity contribution in [3.8, 4) is 0 Å². The second-order valence-electron chi connectivity index (χ2n) is 6.59. The summed E-state index contributed by atoms with van der Waals surface area (Å²) in [5.41, 5.74) is 1.83. The summed E-state index contributed by atoms with van der Waals surface area (Å²) < 4.78 is 18.3. The number of amides is 2. The summed E-state index contributed by atoms with van der Waals surface area (Å²) in [6.45, 7) is 8.11. The zero-order valence-corrected chi connectivity index (χ0v) is 15.6. The molecule has 2 unspecified atom stereocenters. The van der Waals surface area contributed by atoms with Gasteiger partial charge in [0.15, 0.2) is 0 Å². The Hall–Kier alpha value is -2.41. The number of esters is 1. The quantitative estimate of drug-likeness (QED) is 0.651. The number of carbonyl (C=O) groups is 2. The number of hydrogen-bond acceptors (Lipinski definition) is 4. The highest BCUT2D eigenvalue weighted by molar-refractivity contribution is 5.94. The van der Waals surface area contributed by atoms with Gasteiger partial charge >= 0.3 is 12.0 Å². The fourth-order valence-corrected chi connectivity index (χ4v) is 3.04. The van der Waals surface area contributed by atoms with Crippen LogP contribution in [0.2, 0.25) is 0 Å². The molecule has 0 aromatic heterocycles. The van der Waals surface area contributed by atoms with Crippen LogP contribution in [0.4, 0.5) is 9.18 Å². The number of halogens is 1. The van der Waals surface area contributed by atoms with E-state index in [1.165, 1.54) is 12.1 Å². The highest BCUT2D eigenvalue weighted by Crippen LogP contribution is 2.23. The lowest BCUT2D eigenvalue weighted by Crippen LogP contribution is -2.51. The van der Waals surface area contributed by atoms with Crippen LogP contribution in [-0.4, -0.2) is 31.2 Å². The maximum Gasteiger partial charge on any atom is 0.337 e. The number of benzene rings is 1. The number of ether oxygens (including phenoxy) is 1. The molecule has 1 aromatic carbocycles. The standard InChI is InChI=1S/C19H26FN3O3/c1-5-26-18(24)16-12(4)22-19(25)23-15(16)10-21-17(11(2)3)13-6-8-14(20)9-7-13/h6-9,11-12,17,21H,5,10H2,1-4H3,(H2,22,23,25). The Balaban J connectivity index is 2.23. The van der Waals surface area contributed by atoms with Crippen molar-refractivity contribution in [2.75, 3.05) is 13.2 Å². The van der Waals surface area contributed by atoms with E-state index in [2.05, 4.69) is 16.0 Å². The van der Waals surface area contributed by atoms with E-state index in [-0.39, 0.29) is 37.0 Å². The number of rotatable bonds is 7. The lowest BCUT2D eigenvalue weighted by atomic mass is 9.95. The van der Waals surface area contributed by atoms with Crippen molar-refractivity contribution >= 4 is 12.0 Å². The SMILES string of the molecule is CCOC(=O)C1=C(CNC(c2ccc(F)cc2)C(C)C)NC(=O)NC1C. The molecule has 6 nitrogen and oxygen atoms in total. The van der Waals surface area contributed by atoms with Crippen molar-refractivity contribution in [3.63, 3.8) is 0 Å². The first-order valence-electron chi connectivity index (χ1n) is 8.80. The number of carbonyl (C=O) groups excluding carboxylic acids is 2. The Morgan fingerprint density at radius 1 is 1.31 bits per heavy atom. The molecule has 1 aliphatic heterocycles. The van der Waals surface area contributed by atoms with Crippen LogP contribution in [0.5, 0.6) is 0 Å². The number of hydrogen-bond donors (Lipinski definition) is 3. The van der Waals surface area contributed by atoms with Gasteiger partial charge in [0.25, 0.3) is 0 Å². The monoisotopic (exact) mass is 363 g/mol. The van der Waals surface area contributed by atoms with Gasteiger partial charge in [0, 0.05) is 18.3 Å². The molecule has 0 aliphatic carbocycles. The summed E-state index contributed by atoms with van der Waals surface area (Å²) >= 11 is 0. The molecule has 1 aliphatic rings. The van der Waals surface area contributed by atoms with Gasteiger partial charge in [-0.2, -0.15) is 0 Å². The zero-order valence-electron chi connectivity index (χ0n) is 15.6. The third-order valence-corrected chi connectivity index (χ3v) is 4.26. The van der Waals surface area contributed by atoms with E-state index in [0.29, 0.717) is 11.3 Å². The van der Waals surface area contributed by atoms with Gasteiger partial charge in [-0.3, -0.25) is 0 Å². The van der Waals surface area contributed by atoms with Crippen LogP contribution in [-0.2, 0) is 9.53 Å². The van der Waals surface area contributed by atoms with Crippen molar-refractivity contribution in [3.05, 3.63) is 46.9 Å². The Morgan fingerprint density at radius 2 is 1.96 bits per heavy atom. The van der Waals surface area contributed by atoms with E-state index in [1.54, 1.807) is 26.0 Å². The average Bonchev–Trinajstić information content (AvgIpc) is 2.56. The van der Waals surface area contributed by atoms with Crippen LogP contribution in [0.1, 0.15) is 39.3 Å². The Morgan fingerprint density at radius 3 is 2.54 bits per heavy atom. The first-order valence-corrected chi connectivity index (χ1v) is 8.80. The first kappa shape index (κ1) is 19.9. The highest BCUT2D eigenvalue weighted by atomic mass is 19.1. The van der Waals surface area contributed by atoms with Crippen molar-refractivity contribution in [1.82, 2.24) is 16.0 Å². The predicted octanol–water partition coefficient (Wildman–Crippen LogP) is 2.63. The normalized spacial score (nSPS) is 18.4. The van der Waals surface area contributed by atoms with Gasteiger partial charge in [-0.15, -0.1) is 0 Å². The van der Waals surface area contributed by atoms with E-state index in [1.807, 2.05) is 13.8 Å². The van der Waals surface area contributed by atoms with Gasteiger partial charge in [0.1, 0.15) is 5.82 Å². The van der Waals surface area contributed by atoms with Crippen LogP contribution in [0.25, 0.3) is 0 Å². The molecule has 0 radical (unpaired) electrons. The maximum atomic E-state index is 13.2. The second-order valence-corrected chi connectivity index (χ2v) is 6.59. The van der Waals surface area contributed by atoms with E-state index in [0.717, 1.165) is 5.56 Å². The molecule has 0 saturated carbocycles.